The summed E-state index contributed by atoms with van der Waals surface area (Å²) in [5, 5.41) is 10.2. The summed E-state index contributed by atoms with van der Waals surface area (Å²) in [5.74, 6) is 1.16. The molecule has 1 aromatic rings. The fourth-order valence-corrected chi connectivity index (χ4v) is 4.22. The van der Waals surface area contributed by atoms with Gasteiger partial charge >= 0.3 is 5.97 Å². The number of anilines is 1. The molecule has 0 saturated carbocycles. The number of aromatic nitrogens is 2. The SMILES string of the molecule is CCOC(=O)CCC(=O)Nc1c2c(nn1CC(=O)NCC1CCCO1)CSC2. The molecule has 28 heavy (non-hydrogen) atoms. The van der Waals surface area contributed by atoms with E-state index in [4.69, 9.17) is 9.47 Å². The van der Waals surface area contributed by atoms with Gasteiger partial charge in [-0.3, -0.25) is 14.4 Å². The molecule has 2 aliphatic rings. The van der Waals surface area contributed by atoms with Crippen molar-refractivity contribution >= 4 is 35.4 Å². The van der Waals surface area contributed by atoms with Crippen molar-refractivity contribution in [3.8, 4) is 0 Å². The minimum absolute atomic E-state index is 0.0205. The van der Waals surface area contributed by atoms with Gasteiger partial charge in [0, 0.05) is 36.6 Å². The van der Waals surface area contributed by atoms with E-state index in [0.717, 1.165) is 42.2 Å². The number of ether oxygens (including phenoxy) is 2. The lowest BCUT2D eigenvalue weighted by molar-refractivity contribution is -0.144. The number of nitrogens with one attached hydrogen (secondary N) is 2. The van der Waals surface area contributed by atoms with Crippen LogP contribution in [0.2, 0.25) is 0 Å². The summed E-state index contributed by atoms with van der Waals surface area (Å²) in [6.07, 6.45) is 2.09. The number of hydrogen-bond acceptors (Lipinski definition) is 7. The third kappa shape index (κ3) is 5.48. The lowest BCUT2D eigenvalue weighted by Crippen LogP contribution is -2.34. The first-order valence-electron chi connectivity index (χ1n) is 9.57. The Kier molecular flexibility index (Phi) is 7.32. The average Bonchev–Trinajstić information content (AvgIpc) is 3.39. The number of thioether (sulfide) groups is 1. The van der Waals surface area contributed by atoms with E-state index >= 15 is 0 Å². The summed E-state index contributed by atoms with van der Waals surface area (Å²) in [7, 11) is 0. The van der Waals surface area contributed by atoms with Gasteiger partial charge in [0.2, 0.25) is 11.8 Å². The van der Waals surface area contributed by atoms with Crippen molar-refractivity contribution in [1.82, 2.24) is 15.1 Å². The molecule has 0 radical (unpaired) electrons. The fraction of sp³-hybridized carbons (Fsp3) is 0.667. The molecule has 3 rings (SSSR count). The second-order valence-electron chi connectivity index (χ2n) is 6.72. The van der Waals surface area contributed by atoms with E-state index in [2.05, 4.69) is 15.7 Å². The highest BCUT2D eigenvalue weighted by molar-refractivity contribution is 7.98. The summed E-state index contributed by atoms with van der Waals surface area (Å²) < 4.78 is 11.9. The van der Waals surface area contributed by atoms with Crippen LogP contribution in [-0.4, -0.2) is 53.4 Å². The molecule has 0 bridgehead atoms. The molecule has 2 N–H and O–H groups in total. The third-order valence-electron chi connectivity index (χ3n) is 4.58. The minimum Gasteiger partial charge on any atom is -0.466 e. The van der Waals surface area contributed by atoms with Crippen LogP contribution in [0.5, 0.6) is 0 Å². The standard InChI is InChI=1S/C18H26N4O5S/c1-2-26-17(25)6-5-15(23)20-18-13-10-28-11-14(13)21-22(18)9-16(24)19-8-12-4-3-7-27-12/h12H,2-11H2,1H3,(H,19,24)(H,20,23). The zero-order valence-corrected chi connectivity index (χ0v) is 16.8. The Morgan fingerprint density at radius 3 is 2.89 bits per heavy atom. The van der Waals surface area contributed by atoms with Gasteiger partial charge in [-0.15, -0.1) is 0 Å². The van der Waals surface area contributed by atoms with E-state index in [1.165, 1.54) is 4.68 Å². The van der Waals surface area contributed by atoms with Crippen LogP contribution in [-0.2, 0) is 41.9 Å². The highest BCUT2D eigenvalue weighted by atomic mass is 32.2. The number of amides is 2. The second-order valence-corrected chi connectivity index (χ2v) is 7.70. The van der Waals surface area contributed by atoms with Crippen LogP contribution in [0.4, 0.5) is 5.82 Å². The largest absolute Gasteiger partial charge is 0.466 e. The van der Waals surface area contributed by atoms with Crippen molar-refractivity contribution in [2.75, 3.05) is 25.1 Å². The van der Waals surface area contributed by atoms with Gasteiger partial charge in [-0.25, -0.2) is 4.68 Å². The molecular weight excluding hydrogens is 384 g/mol. The lowest BCUT2D eigenvalue weighted by atomic mass is 10.2. The molecule has 1 unspecified atom stereocenters. The predicted octanol–water partition coefficient (Wildman–Crippen LogP) is 1.21. The second kappa shape index (κ2) is 9.92. The first kappa shape index (κ1) is 20.7. The van der Waals surface area contributed by atoms with Gasteiger partial charge in [-0.1, -0.05) is 0 Å². The monoisotopic (exact) mass is 410 g/mol. The highest BCUT2D eigenvalue weighted by Crippen LogP contribution is 2.34. The van der Waals surface area contributed by atoms with E-state index in [1.54, 1.807) is 18.7 Å². The van der Waals surface area contributed by atoms with Crippen LogP contribution in [0.15, 0.2) is 0 Å². The molecule has 2 aliphatic heterocycles. The summed E-state index contributed by atoms with van der Waals surface area (Å²) in [6.45, 7) is 3.27. The van der Waals surface area contributed by atoms with Gasteiger partial charge in [0.1, 0.15) is 12.4 Å². The predicted molar refractivity (Wildman–Crippen MR) is 104 cm³/mol. The maximum Gasteiger partial charge on any atom is 0.306 e. The molecule has 9 nitrogen and oxygen atoms in total. The summed E-state index contributed by atoms with van der Waals surface area (Å²) in [4.78, 5) is 36.0. The number of fused-ring (bicyclic) bond motifs is 1. The molecule has 10 heteroatoms. The van der Waals surface area contributed by atoms with Gasteiger partial charge in [0.05, 0.1) is 24.8 Å². The van der Waals surface area contributed by atoms with Gasteiger partial charge in [-0.2, -0.15) is 16.9 Å². The molecule has 2 amide bonds. The van der Waals surface area contributed by atoms with E-state index in [9.17, 15) is 14.4 Å². The average molecular weight is 410 g/mol. The van der Waals surface area contributed by atoms with Gasteiger partial charge in [0.15, 0.2) is 0 Å². The number of carbonyl (C=O) groups is 3. The Morgan fingerprint density at radius 1 is 1.29 bits per heavy atom. The van der Waals surface area contributed by atoms with Crippen molar-refractivity contribution < 1.29 is 23.9 Å². The highest BCUT2D eigenvalue weighted by Gasteiger charge is 2.25. The normalized spacial score (nSPS) is 18.0. The topological polar surface area (TPSA) is 112 Å². The first-order valence-corrected chi connectivity index (χ1v) is 10.7. The molecule has 1 aromatic heterocycles. The van der Waals surface area contributed by atoms with E-state index in [1.807, 2.05) is 0 Å². The van der Waals surface area contributed by atoms with Crippen molar-refractivity contribution in [2.45, 2.75) is 56.8 Å². The third-order valence-corrected chi connectivity index (χ3v) is 5.55. The first-order chi connectivity index (χ1) is 13.6. The fourth-order valence-electron chi connectivity index (χ4n) is 3.19. The van der Waals surface area contributed by atoms with Gasteiger partial charge in [-0.05, 0) is 19.8 Å². The number of rotatable bonds is 9. The van der Waals surface area contributed by atoms with Crippen molar-refractivity contribution in [3.63, 3.8) is 0 Å². The Balaban J connectivity index is 1.58. The number of hydrogen-bond donors (Lipinski definition) is 2. The van der Waals surface area contributed by atoms with Gasteiger partial charge < -0.3 is 20.1 Å². The molecule has 0 aromatic carbocycles. The Hall–Kier alpha value is -2.07. The number of nitrogens with zero attached hydrogens (tertiary/aromatic N) is 2. The molecule has 0 spiro atoms. The minimum atomic E-state index is -0.402. The Morgan fingerprint density at radius 2 is 2.14 bits per heavy atom. The molecule has 1 saturated heterocycles. The maximum absolute atomic E-state index is 12.3. The summed E-state index contributed by atoms with van der Waals surface area (Å²) in [6, 6.07) is 0. The van der Waals surface area contributed by atoms with Crippen LogP contribution in [0.3, 0.4) is 0 Å². The van der Waals surface area contributed by atoms with Crippen molar-refractivity contribution in [3.05, 3.63) is 11.3 Å². The number of esters is 1. The molecule has 154 valence electrons. The van der Waals surface area contributed by atoms with Crippen LogP contribution in [0, 0.1) is 0 Å². The van der Waals surface area contributed by atoms with E-state index in [-0.39, 0.29) is 37.3 Å². The molecular formula is C18H26N4O5S. The zero-order chi connectivity index (χ0) is 19.9. The maximum atomic E-state index is 12.3. The quantitative estimate of drug-likeness (QED) is 0.589. The molecule has 1 atom stereocenters. The van der Waals surface area contributed by atoms with Crippen LogP contribution >= 0.6 is 11.8 Å². The van der Waals surface area contributed by atoms with Crippen molar-refractivity contribution in [2.24, 2.45) is 0 Å². The van der Waals surface area contributed by atoms with Crippen LogP contribution in [0.1, 0.15) is 43.9 Å². The molecule has 1 fully saturated rings. The molecule has 3 heterocycles. The smallest absolute Gasteiger partial charge is 0.306 e. The Bertz CT molecular complexity index is 730. The molecule has 0 aliphatic carbocycles. The van der Waals surface area contributed by atoms with Gasteiger partial charge in [0.25, 0.3) is 0 Å². The Labute approximate surface area is 167 Å². The van der Waals surface area contributed by atoms with E-state index in [0.29, 0.717) is 19.0 Å². The van der Waals surface area contributed by atoms with Crippen LogP contribution in [0.25, 0.3) is 0 Å². The van der Waals surface area contributed by atoms with E-state index < -0.39 is 5.97 Å². The van der Waals surface area contributed by atoms with Crippen molar-refractivity contribution in [1.29, 1.82) is 0 Å². The number of carbonyl (C=O) groups excluding carboxylic acids is 3. The summed E-state index contributed by atoms with van der Waals surface area (Å²) in [5.41, 5.74) is 1.83. The zero-order valence-electron chi connectivity index (χ0n) is 16.0. The lowest BCUT2D eigenvalue weighted by Gasteiger charge is -2.13. The van der Waals surface area contributed by atoms with Crippen LogP contribution < -0.4 is 10.6 Å². The summed E-state index contributed by atoms with van der Waals surface area (Å²) >= 11 is 1.71.